The van der Waals surface area contributed by atoms with E-state index in [-0.39, 0.29) is 11.8 Å². The number of rotatable bonds is 5. The number of piperidine rings is 1. The molecule has 6 heteroatoms. The van der Waals surface area contributed by atoms with Crippen LogP contribution < -0.4 is 9.80 Å². The number of hydrogen-bond donors (Lipinski definition) is 0. The zero-order chi connectivity index (χ0) is 20.2. The van der Waals surface area contributed by atoms with Crippen LogP contribution in [0.2, 0.25) is 0 Å². The molecule has 0 saturated carbocycles. The van der Waals surface area contributed by atoms with Crippen LogP contribution in [0.5, 0.6) is 0 Å². The van der Waals surface area contributed by atoms with Crippen molar-refractivity contribution in [3.05, 3.63) is 59.5 Å². The van der Waals surface area contributed by atoms with Crippen LogP contribution in [0.3, 0.4) is 0 Å². The van der Waals surface area contributed by atoms with E-state index in [1.807, 2.05) is 53.6 Å². The molecule has 1 aromatic carbocycles. The first kappa shape index (κ1) is 19.6. The lowest BCUT2D eigenvalue weighted by atomic mass is 9.96. The molecule has 0 N–H and O–H groups in total. The third-order valence-corrected chi connectivity index (χ3v) is 6.40. The van der Waals surface area contributed by atoms with E-state index in [2.05, 4.69) is 34.2 Å². The molecule has 3 heterocycles. The Kier molecular flexibility index (Phi) is 5.90. The first-order valence-corrected chi connectivity index (χ1v) is 11.0. The van der Waals surface area contributed by atoms with Gasteiger partial charge in [0.25, 0.3) is 0 Å². The van der Waals surface area contributed by atoms with E-state index in [4.69, 9.17) is 0 Å². The Morgan fingerprint density at radius 2 is 2.03 bits per heavy atom. The average molecular weight is 407 g/mol. The molecule has 0 spiro atoms. The van der Waals surface area contributed by atoms with E-state index < -0.39 is 0 Å². The van der Waals surface area contributed by atoms with Crippen LogP contribution in [0.25, 0.3) is 10.6 Å². The molecule has 1 amide bonds. The fourth-order valence-corrected chi connectivity index (χ4v) is 4.66. The predicted molar refractivity (Wildman–Crippen MR) is 119 cm³/mol. The highest BCUT2D eigenvalue weighted by atomic mass is 32.1. The standard InChI is InChI=1S/C23H26N4OS/c1-3-27(20-10-5-4-8-17(20)2)23(28)18-9-6-14-26(16-18)22-13-12-19(24-25-22)21-11-7-15-29-21/h4-5,7-8,10-13,15,18H,3,6,9,14,16H2,1-2H3. The quantitative estimate of drug-likeness (QED) is 0.612. The summed E-state index contributed by atoms with van der Waals surface area (Å²) in [6.07, 6.45) is 1.90. The summed E-state index contributed by atoms with van der Waals surface area (Å²) in [7, 11) is 0. The summed E-state index contributed by atoms with van der Waals surface area (Å²) in [5.41, 5.74) is 3.03. The molecule has 3 aromatic rings. The van der Waals surface area contributed by atoms with E-state index in [9.17, 15) is 4.79 Å². The minimum absolute atomic E-state index is 0.0259. The molecule has 1 aliphatic rings. The van der Waals surface area contributed by atoms with Gasteiger partial charge in [0.2, 0.25) is 5.91 Å². The van der Waals surface area contributed by atoms with Crippen LogP contribution in [-0.2, 0) is 4.79 Å². The zero-order valence-corrected chi connectivity index (χ0v) is 17.7. The number of hydrogen-bond acceptors (Lipinski definition) is 5. The fourth-order valence-electron chi connectivity index (χ4n) is 3.97. The van der Waals surface area contributed by atoms with Crippen molar-refractivity contribution in [3.8, 4) is 10.6 Å². The van der Waals surface area contributed by atoms with E-state index in [1.54, 1.807) is 11.3 Å². The van der Waals surface area contributed by atoms with Crippen molar-refractivity contribution >= 4 is 28.7 Å². The van der Waals surface area contributed by atoms with Gasteiger partial charge >= 0.3 is 0 Å². The predicted octanol–water partition coefficient (Wildman–Crippen LogP) is 4.78. The number of carbonyl (C=O) groups is 1. The summed E-state index contributed by atoms with van der Waals surface area (Å²) in [6.45, 7) is 6.37. The summed E-state index contributed by atoms with van der Waals surface area (Å²) >= 11 is 1.66. The van der Waals surface area contributed by atoms with Gasteiger partial charge in [-0.05, 0) is 61.9 Å². The topological polar surface area (TPSA) is 49.3 Å². The van der Waals surface area contributed by atoms with Crippen molar-refractivity contribution in [2.45, 2.75) is 26.7 Å². The van der Waals surface area contributed by atoms with Gasteiger partial charge in [-0.15, -0.1) is 21.5 Å². The zero-order valence-electron chi connectivity index (χ0n) is 16.9. The fraction of sp³-hybridized carbons (Fsp3) is 0.348. The monoisotopic (exact) mass is 406 g/mol. The Balaban J connectivity index is 1.49. The second-order valence-corrected chi connectivity index (χ2v) is 8.36. The molecule has 29 heavy (non-hydrogen) atoms. The molecule has 1 unspecified atom stereocenters. The normalized spacial score (nSPS) is 16.6. The van der Waals surface area contributed by atoms with Crippen molar-refractivity contribution in [1.29, 1.82) is 0 Å². The third kappa shape index (κ3) is 4.17. The molecule has 2 aromatic heterocycles. The summed E-state index contributed by atoms with van der Waals surface area (Å²) in [4.78, 5) is 18.6. The highest BCUT2D eigenvalue weighted by molar-refractivity contribution is 7.13. The van der Waals surface area contributed by atoms with Crippen LogP contribution in [-0.4, -0.2) is 35.7 Å². The summed E-state index contributed by atoms with van der Waals surface area (Å²) < 4.78 is 0. The summed E-state index contributed by atoms with van der Waals surface area (Å²) in [5, 5.41) is 10.9. The smallest absolute Gasteiger partial charge is 0.231 e. The number of anilines is 2. The second kappa shape index (κ2) is 8.74. The van der Waals surface area contributed by atoms with Crippen LogP contribution in [0.15, 0.2) is 53.9 Å². The number of thiophene rings is 1. The minimum Gasteiger partial charge on any atom is -0.354 e. The van der Waals surface area contributed by atoms with Gasteiger partial charge in [-0.3, -0.25) is 4.79 Å². The van der Waals surface area contributed by atoms with Crippen molar-refractivity contribution in [3.63, 3.8) is 0 Å². The number of para-hydroxylation sites is 1. The van der Waals surface area contributed by atoms with Crippen molar-refractivity contribution in [2.75, 3.05) is 29.4 Å². The molecule has 0 bridgehead atoms. The molecule has 150 valence electrons. The van der Waals surface area contributed by atoms with E-state index in [0.717, 1.165) is 47.0 Å². The number of aromatic nitrogens is 2. The molecule has 1 atom stereocenters. The first-order chi connectivity index (χ1) is 14.2. The molecule has 4 rings (SSSR count). The van der Waals surface area contributed by atoms with Gasteiger partial charge in [-0.2, -0.15) is 0 Å². The maximum atomic E-state index is 13.3. The van der Waals surface area contributed by atoms with Gasteiger partial charge in [-0.25, -0.2) is 0 Å². The SMILES string of the molecule is CCN(C(=O)C1CCCN(c2ccc(-c3cccs3)nn2)C1)c1ccccc1C. The molecular formula is C23H26N4OS. The number of amides is 1. The number of benzene rings is 1. The van der Waals surface area contributed by atoms with E-state index in [1.165, 1.54) is 0 Å². The maximum absolute atomic E-state index is 13.3. The lowest BCUT2D eigenvalue weighted by Crippen LogP contribution is -2.45. The Labute approximate surface area is 176 Å². The van der Waals surface area contributed by atoms with Crippen LogP contribution >= 0.6 is 11.3 Å². The van der Waals surface area contributed by atoms with E-state index >= 15 is 0 Å². The van der Waals surface area contributed by atoms with Gasteiger partial charge in [0, 0.05) is 25.3 Å². The van der Waals surface area contributed by atoms with Crippen LogP contribution in [0.4, 0.5) is 11.5 Å². The summed E-state index contributed by atoms with van der Waals surface area (Å²) in [6, 6.07) is 16.2. The van der Waals surface area contributed by atoms with Gasteiger partial charge in [0.15, 0.2) is 5.82 Å². The van der Waals surface area contributed by atoms with Crippen molar-refractivity contribution in [1.82, 2.24) is 10.2 Å². The molecular weight excluding hydrogens is 380 g/mol. The Bertz CT molecular complexity index is 955. The maximum Gasteiger partial charge on any atom is 0.231 e. The largest absolute Gasteiger partial charge is 0.354 e. The minimum atomic E-state index is -0.0259. The van der Waals surface area contributed by atoms with Crippen LogP contribution in [0.1, 0.15) is 25.3 Å². The second-order valence-electron chi connectivity index (χ2n) is 7.41. The molecule has 5 nitrogen and oxygen atoms in total. The molecule has 1 saturated heterocycles. The van der Waals surface area contributed by atoms with Crippen LogP contribution in [0, 0.1) is 12.8 Å². The van der Waals surface area contributed by atoms with Crippen molar-refractivity contribution < 1.29 is 4.79 Å². The lowest BCUT2D eigenvalue weighted by molar-refractivity contribution is -0.122. The molecule has 1 fully saturated rings. The van der Waals surface area contributed by atoms with Gasteiger partial charge in [-0.1, -0.05) is 24.3 Å². The third-order valence-electron chi connectivity index (χ3n) is 5.51. The molecule has 0 aliphatic carbocycles. The molecule has 0 radical (unpaired) electrons. The lowest BCUT2D eigenvalue weighted by Gasteiger charge is -2.35. The summed E-state index contributed by atoms with van der Waals surface area (Å²) in [5.74, 6) is 1.03. The molecule has 1 aliphatic heterocycles. The number of nitrogens with zero attached hydrogens (tertiary/aromatic N) is 4. The Morgan fingerprint density at radius 3 is 2.72 bits per heavy atom. The van der Waals surface area contributed by atoms with Gasteiger partial charge in [0.1, 0.15) is 5.69 Å². The average Bonchev–Trinajstić information content (AvgIpc) is 3.31. The Morgan fingerprint density at radius 1 is 1.17 bits per heavy atom. The van der Waals surface area contributed by atoms with Crippen molar-refractivity contribution in [2.24, 2.45) is 5.92 Å². The van der Waals surface area contributed by atoms with E-state index in [0.29, 0.717) is 13.1 Å². The van der Waals surface area contributed by atoms with Gasteiger partial charge < -0.3 is 9.80 Å². The first-order valence-electron chi connectivity index (χ1n) is 10.2. The highest BCUT2D eigenvalue weighted by Gasteiger charge is 2.30. The number of aryl methyl sites for hydroxylation is 1. The highest BCUT2D eigenvalue weighted by Crippen LogP contribution is 2.28. The Hall–Kier alpha value is -2.73. The number of carbonyl (C=O) groups excluding carboxylic acids is 1. The van der Waals surface area contributed by atoms with Gasteiger partial charge in [0.05, 0.1) is 10.8 Å².